The van der Waals surface area contributed by atoms with Gasteiger partial charge in [-0.15, -0.1) is 0 Å². The van der Waals surface area contributed by atoms with Crippen molar-refractivity contribution in [1.82, 2.24) is 0 Å². The Balaban J connectivity index is 2.51. The van der Waals surface area contributed by atoms with Crippen LogP contribution < -0.4 is 11.1 Å². The monoisotopic (exact) mass is 146 g/mol. The van der Waals surface area contributed by atoms with Gasteiger partial charge in [-0.3, -0.25) is 0 Å². The molecule has 0 radical (unpaired) electrons. The number of hydrogen-bond donors (Lipinski definition) is 2. The van der Waals surface area contributed by atoms with E-state index in [4.69, 9.17) is 5.73 Å². The van der Waals surface area contributed by atoms with E-state index >= 15 is 0 Å². The molecule has 0 spiro atoms. The summed E-state index contributed by atoms with van der Waals surface area (Å²) < 4.78 is 0. The third-order valence-corrected chi connectivity index (χ3v) is 1.85. The van der Waals surface area contributed by atoms with Crippen molar-refractivity contribution in [3.63, 3.8) is 0 Å². The Morgan fingerprint density at radius 3 is 3.09 bits per heavy atom. The van der Waals surface area contributed by atoms with E-state index in [0.717, 1.165) is 23.5 Å². The molecule has 56 valence electrons. The van der Waals surface area contributed by atoms with Crippen LogP contribution in [0.4, 0.5) is 11.4 Å². The minimum atomic E-state index is 0.797. The van der Waals surface area contributed by atoms with Crippen LogP contribution in [0.2, 0.25) is 0 Å². The predicted octanol–water partition coefficient (Wildman–Crippen LogP) is 1.75. The Morgan fingerprint density at radius 1 is 1.45 bits per heavy atom. The molecule has 0 amide bonds. The molecular weight excluding hydrogens is 136 g/mol. The van der Waals surface area contributed by atoms with Crippen LogP contribution in [0, 0.1) is 0 Å². The Morgan fingerprint density at radius 2 is 2.27 bits per heavy atom. The van der Waals surface area contributed by atoms with Gasteiger partial charge in [0.2, 0.25) is 0 Å². The van der Waals surface area contributed by atoms with Gasteiger partial charge in [0.25, 0.3) is 0 Å². The molecule has 0 aliphatic carbocycles. The van der Waals surface area contributed by atoms with Gasteiger partial charge in [-0.05, 0) is 17.7 Å². The largest absolute Gasteiger partial charge is 0.399 e. The number of rotatable bonds is 0. The molecule has 0 bridgehead atoms. The molecule has 1 aliphatic heterocycles. The van der Waals surface area contributed by atoms with Crippen molar-refractivity contribution >= 4 is 11.4 Å². The lowest BCUT2D eigenvalue weighted by atomic mass is 10.1. The highest BCUT2D eigenvalue weighted by atomic mass is 14.9. The number of nitrogens with one attached hydrogen (secondary N) is 1. The molecule has 11 heavy (non-hydrogen) atoms. The van der Waals surface area contributed by atoms with E-state index < -0.39 is 0 Å². The molecule has 2 nitrogen and oxygen atoms in total. The van der Waals surface area contributed by atoms with E-state index in [1.807, 2.05) is 18.2 Å². The SMILES string of the molecule is C=C1Cc2ccc(N)cc2N1. The second-order valence-corrected chi connectivity index (χ2v) is 2.82. The maximum Gasteiger partial charge on any atom is 0.0438 e. The van der Waals surface area contributed by atoms with E-state index in [1.165, 1.54) is 5.56 Å². The third kappa shape index (κ3) is 0.963. The Bertz CT molecular complexity index is 315. The molecule has 0 fully saturated rings. The summed E-state index contributed by atoms with van der Waals surface area (Å²) in [4.78, 5) is 0. The first-order chi connectivity index (χ1) is 5.25. The van der Waals surface area contributed by atoms with E-state index in [1.54, 1.807) is 0 Å². The van der Waals surface area contributed by atoms with Gasteiger partial charge >= 0.3 is 0 Å². The first-order valence-corrected chi connectivity index (χ1v) is 3.59. The van der Waals surface area contributed by atoms with Gasteiger partial charge in [-0.25, -0.2) is 0 Å². The van der Waals surface area contributed by atoms with Crippen LogP contribution in [-0.2, 0) is 6.42 Å². The molecule has 2 rings (SSSR count). The van der Waals surface area contributed by atoms with Gasteiger partial charge in [0.1, 0.15) is 0 Å². The van der Waals surface area contributed by atoms with Gasteiger partial charge < -0.3 is 11.1 Å². The van der Waals surface area contributed by atoms with Crippen molar-refractivity contribution in [2.45, 2.75) is 6.42 Å². The van der Waals surface area contributed by atoms with Crippen molar-refractivity contribution in [3.05, 3.63) is 36.0 Å². The van der Waals surface area contributed by atoms with Crippen molar-refractivity contribution < 1.29 is 0 Å². The summed E-state index contributed by atoms with van der Waals surface area (Å²) in [5.41, 5.74) is 9.84. The minimum absolute atomic E-state index is 0.797. The van der Waals surface area contributed by atoms with Gasteiger partial charge in [0.15, 0.2) is 0 Å². The molecule has 1 aliphatic rings. The fourth-order valence-electron chi connectivity index (χ4n) is 1.33. The molecule has 1 aromatic carbocycles. The van der Waals surface area contributed by atoms with Gasteiger partial charge in [0.05, 0.1) is 0 Å². The zero-order valence-electron chi connectivity index (χ0n) is 6.22. The highest BCUT2D eigenvalue weighted by Gasteiger charge is 2.11. The number of allylic oxidation sites excluding steroid dienone is 1. The second-order valence-electron chi connectivity index (χ2n) is 2.82. The molecule has 0 saturated heterocycles. The smallest absolute Gasteiger partial charge is 0.0438 e. The average Bonchev–Trinajstić information content (AvgIpc) is 2.27. The van der Waals surface area contributed by atoms with Crippen LogP contribution in [0.15, 0.2) is 30.5 Å². The lowest BCUT2D eigenvalue weighted by molar-refractivity contribution is 1.26. The molecule has 0 unspecified atom stereocenters. The topological polar surface area (TPSA) is 38.0 Å². The third-order valence-electron chi connectivity index (χ3n) is 1.85. The fourth-order valence-corrected chi connectivity index (χ4v) is 1.33. The number of anilines is 2. The first kappa shape index (κ1) is 6.28. The number of nitrogen functional groups attached to an aromatic ring is 1. The predicted molar refractivity (Wildman–Crippen MR) is 47.3 cm³/mol. The molecular formula is C9H10N2. The van der Waals surface area contributed by atoms with E-state index in [0.29, 0.717) is 0 Å². The highest BCUT2D eigenvalue weighted by Crippen LogP contribution is 2.28. The fraction of sp³-hybridized carbons (Fsp3) is 0.111. The summed E-state index contributed by atoms with van der Waals surface area (Å²) in [6, 6.07) is 5.89. The Hall–Kier alpha value is -1.44. The molecule has 3 N–H and O–H groups in total. The Kier molecular flexibility index (Phi) is 1.15. The zero-order valence-corrected chi connectivity index (χ0v) is 6.22. The normalized spacial score (nSPS) is 14.4. The van der Waals surface area contributed by atoms with Gasteiger partial charge in [-0.1, -0.05) is 12.6 Å². The van der Waals surface area contributed by atoms with Crippen LogP contribution in [0.3, 0.4) is 0 Å². The standard InChI is InChI=1S/C9H10N2/c1-6-4-7-2-3-8(10)5-9(7)11-6/h2-3,5,11H,1,4,10H2. The minimum Gasteiger partial charge on any atom is -0.399 e. The lowest BCUT2D eigenvalue weighted by Crippen LogP contribution is -1.89. The summed E-state index contributed by atoms with van der Waals surface area (Å²) >= 11 is 0. The number of fused-ring (bicyclic) bond motifs is 1. The lowest BCUT2D eigenvalue weighted by Gasteiger charge is -1.98. The van der Waals surface area contributed by atoms with Gasteiger partial charge in [-0.2, -0.15) is 0 Å². The van der Waals surface area contributed by atoms with Crippen LogP contribution in [0.1, 0.15) is 5.56 Å². The van der Waals surface area contributed by atoms with E-state index in [2.05, 4.69) is 11.9 Å². The zero-order chi connectivity index (χ0) is 7.84. The van der Waals surface area contributed by atoms with Crippen LogP contribution in [0.25, 0.3) is 0 Å². The van der Waals surface area contributed by atoms with E-state index in [-0.39, 0.29) is 0 Å². The maximum atomic E-state index is 5.61. The van der Waals surface area contributed by atoms with Crippen molar-refractivity contribution in [2.24, 2.45) is 0 Å². The Labute approximate surface area is 65.7 Å². The number of benzene rings is 1. The summed E-state index contributed by atoms with van der Waals surface area (Å²) in [6.45, 7) is 3.85. The number of hydrogen-bond acceptors (Lipinski definition) is 2. The van der Waals surface area contributed by atoms with E-state index in [9.17, 15) is 0 Å². The molecule has 0 aromatic heterocycles. The number of nitrogens with two attached hydrogens (primary N) is 1. The first-order valence-electron chi connectivity index (χ1n) is 3.59. The van der Waals surface area contributed by atoms with Crippen LogP contribution in [0.5, 0.6) is 0 Å². The second kappa shape index (κ2) is 2.02. The van der Waals surface area contributed by atoms with Crippen molar-refractivity contribution in [3.8, 4) is 0 Å². The molecule has 1 aromatic rings. The quantitative estimate of drug-likeness (QED) is 0.547. The maximum absolute atomic E-state index is 5.61. The van der Waals surface area contributed by atoms with Gasteiger partial charge in [0, 0.05) is 23.5 Å². The van der Waals surface area contributed by atoms with Crippen LogP contribution >= 0.6 is 0 Å². The van der Waals surface area contributed by atoms with Crippen molar-refractivity contribution in [2.75, 3.05) is 11.1 Å². The summed E-state index contributed by atoms with van der Waals surface area (Å²) in [5.74, 6) is 0. The molecule has 0 atom stereocenters. The molecule has 2 heteroatoms. The van der Waals surface area contributed by atoms with Crippen LogP contribution in [-0.4, -0.2) is 0 Å². The summed E-state index contributed by atoms with van der Waals surface area (Å²) in [5, 5.41) is 3.16. The average molecular weight is 146 g/mol. The van der Waals surface area contributed by atoms with Crippen molar-refractivity contribution in [1.29, 1.82) is 0 Å². The summed E-state index contributed by atoms with van der Waals surface area (Å²) in [7, 11) is 0. The summed E-state index contributed by atoms with van der Waals surface area (Å²) in [6.07, 6.45) is 0.926. The molecule has 0 saturated carbocycles. The highest BCUT2D eigenvalue weighted by molar-refractivity contribution is 5.66. The molecule has 1 heterocycles.